The van der Waals surface area contributed by atoms with Crippen molar-refractivity contribution >= 4 is 21.5 Å². The first-order valence-electron chi connectivity index (χ1n) is 7.24. The fourth-order valence-electron chi connectivity index (χ4n) is 2.83. The summed E-state index contributed by atoms with van der Waals surface area (Å²) in [5.41, 5.74) is 0.822. The van der Waals surface area contributed by atoms with Crippen LogP contribution in [-0.2, 0) is 0 Å². The minimum atomic E-state index is -0.471. The van der Waals surface area contributed by atoms with Crippen LogP contribution in [0.2, 0.25) is 0 Å². The average molecular weight is 320 g/mol. The molecule has 0 saturated heterocycles. The van der Waals surface area contributed by atoms with Gasteiger partial charge in [-0.25, -0.2) is 0 Å². The van der Waals surface area contributed by atoms with Crippen molar-refractivity contribution in [1.29, 1.82) is 0 Å². The van der Waals surface area contributed by atoms with Crippen LogP contribution in [0.15, 0.2) is 70.5 Å². The van der Waals surface area contributed by atoms with E-state index >= 15 is 0 Å². The highest BCUT2D eigenvalue weighted by molar-refractivity contribution is 5.90. The van der Waals surface area contributed by atoms with Crippen LogP contribution in [0.4, 0.5) is 0 Å². The van der Waals surface area contributed by atoms with Crippen LogP contribution in [0.3, 0.4) is 0 Å². The van der Waals surface area contributed by atoms with E-state index in [0.29, 0.717) is 31.0 Å². The third kappa shape index (κ3) is 2.04. The molecule has 0 aliphatic rings. The van der Waals surface area contributed by atoms with Crippen molar-refractivity contribution in [1.82, 2.24) is 9.46 Å². The molecule has 4 aromatic rings. The molecule has 0 atom stereocenters. The molecule has 0 aliphatic carbocycles. The van der Waals surface area contributed by atoms with Crippen LogP contribution < -0.4 is 11.1 Å². The van der Waals surface area contributed by atoms with Crippen LogP contribution in [0.25, 0.3) is 32.7 Å². The number of hydrogen-bond donors (Lipinski definition) is 2. The molecule has 24 heavy (non-hydrogen) atoms. The van der Waals surface area contributed by atoms with E-state index in [0.717, 1.165) is 11.1 Å². The smallest absolute Gasteiger partial charge is 0.290 e. The zero-order valence-corrected chi connectivity index (χ0v) is 12.4. The Balaban J connectivity index is 1.92. The molecule has 0 unspecified atom stereocenters. The van der Waals surface area contributed by atoms with Gasteiger partial charge in [0.15, 0.2) is 0 Å². The number of rotatable bonds is 1. The molecule has 0 bridgehead atoms. The average Bonchev–Trinajstić information content (AvgIpc) is 2.61. The number of hydrogen-bond acceptors (Lipinski definition) is 4. The highest BCUT2D eigenvalue weighted by atomic mass is 16.5. The first kappa shape index (κ1) is 14.1. The molecule has 0 radical (unpaired) electrons. The first-order valence-corrected chi connectivity index (χ1v) is 7.24. The van der Waals surface area contributed by atoms with Crippen molar-refractivity contribution in [2.75, 3.05) is 0 Å². The SMILES string of the molecule is O=c1c2ccc(-c3ccc4c(=O)n(O)ccc4c3)cc2ccn1O. The van der Waals surface area contributed by atoms with Crippen LogP contribution in [0.1, 0.15) is 0 Å². The largest absolute Gasteiger partial charge is 0.425 e. The summed E-state index contributed by atoms with van der Waals surface area (Å²) in [4.78, 5) is 23.7. The van der Waals surface area contributed by atoms with Gasteiger partial charge in [0.05, 0.1) is 10.8 Å². The van der Waals surface area contributed by atoms with E-state index in [-0.39, 0.29) is 0 Å². The molecule has 0 aliphatic heterocycles. The van der Waals surface area contributed by atoms with Gasteiger partial charge in [0.25, 0.3) is 11.1 Å². The van der Waals surface area contributed by atoms with Crippen molar-refractivity contribution in [3.05, 3.63) is 81.6 Å². The quantitative estimate of drug-likeness (QED) is 0.528. The third-order valence-electron chi connectivity index (χ3n) is 4.10. The summed E-state index contributed by atoms with van der Waals surface area (Å²) in [5, 5.41) is 21.1. The maximum Gasteiger partial charge on any atom is 0.290 e. The fraction of sp³-hybridized carbons (Fsp3) is 0. The molecule has 0 amide bonds. The van der Waals surface area contributed by atoms with E-state index in [9.17, 15) is 20.0 Å². The summed E-state index contributed by atoms with van der Waals surface area (Å²) < 4.78 is 1.11. The number of aromatic nitrogens is 2. The van der Waals surface area contributed by atoms with Crippen LogP contribution >= 0.6 is 0 Å². The van der Waals surface area contributed by atoms with Crippen molar-refractivity contribution in [3.8, 4) is 11.1 Å². The highest BCUT2D eigenvalue weighted by Crippen LogP contribution is 2.25. The van der Waals surface area contributed by atoms with E-state index in [4.69, 9.17) is 0 Å². The molecule has 2 N–H and O–H groups in total. The van der Waals surface area contributed by atoms with Gasteiger partial charge in [-0.2, -0.15) is 9.46 Å². The minimum Gasteiger partial charge on any atom is -0.425 e. The van der Waals surface area contributed by atoms with E-state index < -0.39 is 11.1 Å². The Morgan fingerprint density at radius 2 is 1.04 bits per heavy atom. The van der Waals surface area contributed by atoms with Gasteiger partial charge in [-0.1, -0.05) is 12.1 Å². The number of benzene rings is 2. The first-order chi connectivity index (χ1) is 11.5. The Bertz CT molecular complexity index is 1120. The van der Waals surface area contributed by atoms with Gasteiger partial charge in [-0.05, 0) is 58.3 Å². The van der Waals surface area contributed by atoms with Gasteiger partial charge < -0.3 is 10.4 Å². The summed E-state index contributed by atoms with van der Waals surface area (Å²) in [6.45, 7) is 0. The maximum atomic E-state index is 11.9. The minimum absolute atomic E-state index is 0.424. The predicted molar refractivity (Wildman–Crippen MR) is 89.8 cm³/mol. The van der Waals surface area contributed by atoms with Gasteiger partial charge in [-0.15, -0.1) is 0 Å². The Morgan fingerprint density at radius 1 is 0.625 bits per heavy atom. The zero-order chi connectivity index (χ0) is 16.8. The van der Waals surface area contributed by atoms with E-state index in [2.05, 4.69) is 0 Å². The summed E-state index contributed by atoms with van der Waals surface area (Å²) in [7, 11) is 0. The van der Waals surface area contributed by atoms with Crippen LogP contribution in [0.5, 0.6) is 0 Å². The van der Waals surface area contributed by atoms with Gasteiger partial charge in [0.2, 0.25) is 0 Å². The molecule has 0 spiro atoms. The van der Waals surface area contributed by atoms with Gasteiger partial charge in [0, 0.05) is 12.4 Å². The summed E-state index contributed by atoms with van der Waals surface area (Å²) >= 11 is 0. The molecular weight excluding hydrogens is 308 g/mol. The third-order valence-corrected chi connectivity index (χ3v) is 4.10. The van der Waals surface area contributed by atoms with Crippen molar-refractivity contribution < 1.29 is 10.4 Å². The highest BCUT2D eigenvalue weighted by Gasteiger charge is 2.07. The Labute approximate surface area is 135 Å². The van der Waals surface area contributed by atoms with Crippen molar-refractivity contribution in [3.63, 3.8) is 0 Å². The number of nitrogens with zero attached hydrogens (tertiary/aromatic N) is 2. The molecule has 118 valence electrons. The lowest BCUT2D eigenvalue weighted by Crippen LogP contribution is -2.16. The van der Waals surface area contributed by atoms with Crippen LogP contribution in [-0.4, -0.2) is 19.9 Å². The van der Waals surface area contributed by atoms with Crippen LogP contribution in [0, 0.1) is 0 Å². The molecule has 0 saturated carbocycles. The van der Waals surface area contributed by atoms with Gasteiger partial charge in [0.1, 0.15) is 0 Å². The molecular formula is C18H12N2O4. The molecule has 2 aromatic carbocycles. The van der Waals surface area contributed by atoms with E-state index in [1.807, 2.05) is 12.1 Å². The second-order valence-electron chi connectivity index (χ2n) is 5.53. The normalized spacial score (nSPS) is 11.2. The second-order valence-corrected chi connectivity index (χ2v) is 5.53. The molecule has 6 heteroatoms. The Morgan fingerprint density at radius 3 is 1.46 bits per heavy atom. The van der Waals surface area contributed by atoms with E-state index in [1.165, 1.54) is 12.4 Å². The molecule has 4 rings (SSSR count). The lowest BCUT2D eigenvalue weighted by atomic mass is 10.00. The predicted octanol–water partition coefficient (Wildman–Crippen LogP) is 2.46. The summed E-state index contributed by atoms with van der Waals surface area (Å²) in [6.07, 6.45) is 2.61. The second kappa shape index (κ2) is 4.99. The summed E-state index contributed by atoms with van der Waals surface area (Å²) in [5.74, 6) is 0. The fourth-order valence-corrected chi connectivity index (χ4v) is 2.83. The Hall–Kier alpha value is -3.54. The lowest BCUT2D eigenvalue weighted by molar-refractivity contribution is 0.176. The molecule has 2 aromatic heterocycles. The molecule has 6 nitrogen and oxygen atoms in total. The molecule has 2 heterocycles. The lowest BCUT2D eigenvalue weighted by Gasteiger charge is -2.07. The number of pyridine rings is 2. The topological polar surface area (TPSA) is 84.5 Å². The number of fused-ring (bicyclic) bond motifs is 2. The van der Waals surface area contributed by atoms with E-state index in [1.54, 1.807) is 36.4 Å². The monoisotopic (exact) mass is 320 g/mol. The standard InChI is InChI=1S/C18H12N2O4/c21-17-15-3-1-11(9-13(15)5-7-19(17)23)12-2-4-16-14(10-12)6-8-20(24)18(16)22/h1-10,23-24H. The van der Waals surface area contributed by atoms with Gasteiger partial charge >= 0.3 is 0 Å². The zero-order valence-electron chi connectivity index (χ0n) is 12.4. The summed E-state index contributed by atoms with van der Waals surface area (Å²) in [6, 6.07) is 13.9. The van der Waals surface area contributed by atoms with Crippen molar-refractivity contribution in [2.45, 2.75) is 0 Å². The maximum absolute atomic E-state index is 11.9. The van der Waals surface area contributed by atoms with Crippen molar-refractivity contribution in [2.24, 2.45) is 0 Å². The Kier molecular flexibility index (Phi) is 2.93. The molecule has 0 fully saturated rings. The van der Waals surface area contributed by atoms with Gasteiger partial charge in [-0.3, -0.25) is 9.59 Å².